The summed E-state index contributed by atoms with van der Waals surface area (Å²) in [6.45, 7) is 5.23. The van der Waals surface area contributed by atoms with E-state index in [1.165, 1.54) is 0 Å². The van der Waals surface area contributed by atoms with Gasteiger partial charge in [0.2, 0.25) is 0 Å². The predicted molar refractivity (Wildman–Crippen MR) is 23.1 cm³/mol. The number of halogens is 1. The molecule has 0 fully saturated rings. The summed E-state index contributed by atoms with van der Waals surface area (Å²) in [5, 5.41) is 8.52. The average molecular weight is 148 g/mol. The first kappa shape index (κ1) is 15.7. The van der Waals surface area contributed by atoms with E-state index in [1.807, 2.05) is 0 Å². The molecule has 0 aliphatic heterocycles. The third-order valence-electron chi connectivity index (χ3n) is 0. The molecule has 0 saturated carbocycles. The van der Waals surface area contributed by atoms with Gasteiger partial charge in [-0.1, -0.05) is 0 Å². The first-order valence-electron chi connectivity index (χ1n) is 1.72. The summed E-state index contributed by atoms with van der Waals surface area (Å²) in [5.41, 5.74) is -0.500. The van der Waals surface area contributed by atoms with Gasteiger partial charge >= 0.3 is 0 Å². The summed E-state index contributed by atoms with van der Waals surface area (Å²) < 4.78 is 0. The van der Waals surface area contributed by atoms with Crippen molar-refractivity contribution in [2.24, 2.45) is 0 Å². The second-order valence-electron chi connectivity index (χ2n) is 2.17. The number of rotatable bonds is 0. The fourth-order valence-corrected chi connectivity index (χ4v) is 0. The number of hydrogen-bond donors (Lipinski definition) is 1. The van der Waals surface area contributed by atoms with E-state index in [0.717, 1.165) is 0 Å². The summed E-state index contributed by atoms with van der Waals surface area (Å²) in [5.74, 6) is 0. The van der Waals surface area contributed by atoms with Gasteiger partial charge in [-0.3, -0.25) is 0 Å². The van der Waals surface area contributed by atoms with Crippen molar-refractivity contribution in [3.8, 4) is 0 Å². The summed E-state index contributed by atoms with van der Waals surface area (Å²) in [6.07, 6.45) is 0. The van der Waals surface area contributed by atoms with E-state index in [-0.39, 0.29) is 21.8 Å². The van der Waals surface area contributed by atoms with Crippen LogP contribution in [0.15, 0.2) is 0 Å². The molecule has 0 unspecified atom stereocenters. The number of hydrogen-bond acceptors (Lipinski definition) is 1. The van der Waals surface area contributed by atoms with Gasteiger partial charge in [0.1, 0.15) is 0 Å². The second kappa shape index (κ2) is 4.57. The number of aliphatic hydroxyl groups is 1. The Morgan fingerprint density at radius 2 is 1.14 bits per heavy atom. The van der Waals surface area contributed by atoms with Crippen LogP contribution >= 0.6 is 0 Å². The molecule has 0 aliphatic rings. The molecule has 2 radical (unpaired) electrons. The van der Waals surface area contributed by atoms with Crippen molar-refractivity contribution in [1.29, 1.82) is 0 Å². The Morgan fingerprint density at radius 3 is 1.14 bits per heavy atom. The quantitative estimate of drug-likeness (QED) is 0.511. The predicted octanol–water partition coefficient (Wildman–Crippen LogP) is 1.19. The molecule has 0 bridgehead atoms. The smallest absolute Gasteiger partial charge is 0.0563 e. The molecule has 1 N–H and O–H groups in total. The zero-order valence-corrected chi connectivity index (χ0v) is 5.88. The van der Waals surface area contributed by atoms with Crippen LogP contribution in [0.25, 0.3) is 0 Å². The first-order valence-corrected chi connectivity index (χ1v) is 1.72. The van der Waals surface area contributed by atoms with E-state index in [0.29, 0.717) is 0 Å². The van der Waals surface area contributed by atoms with Gasteiger partial charge in [-0.05, 0) is 20.8 Å². The minimum absolute atomic E-state index is 0. The van der Waals surface area contributed by atoms with Crippen molar-refractivity contribution in [2.45, 2.75) is 26.4 Å². The van der Waals surface area contributed by atoms with Crippen molar-refractivity contribution in [3.05, 3.63) is 0 Å². The maximum Gasteiger partial charge on any atom is 0.0563 e. The Bertz CT molecular complexity index is 27.2. The van der Waals surface area contributed by atoms with Crippen molar-refractivity contribution in [2.75, 3.05) is 0 Å². The van der Waals surface area contributed by atoms with Crippen LogP contribution in [0.1, 0.15) is 20.8 Å². The van der Waals surface area contributed by atoms with Gasteiger partial charge in [-0.2, -0.15) is 0 Å². The Kier molecular flexibility index (Phi) is 10.2. The van der Waals surface area contributed by atoms with Crippen molar-refractivity contribution in [3.63, 3.8) is 0 Å². The molecule has 0 saturated heterocycles. The fourth-order valence-electron chi connectivity index (χ4n) is 0. The normalized spacial score (nSPS) is 8.57. The molecule has 0 amide bonds. The van der Waals surface area contributed by atoms with Gasteiger partial charge in [-0.15, -0.1) is 0 Å². The van der Waals surface area contributed by atoms with Crippen LogP contribution in [0, 0.1) is 0 Å². The zero-order chi connectivity index (χ0) is 4.50. The molecule has 0 aromatic heterocycles. The van der Waals surface area contributed by atoms with E-state index in [1.54, 1.807) is 20.8 Å². The van der Waals surface area contributed by atoms with Crippen LogP contribution in [0.5, 0.6) is 0 Å². The molecule has 0 rings (SSSR count). The van der Waals surface area contributed by atoms with Crippen LogP contribution in [0.2, 0.25) is 0 Å². The molecule has 0 aromatic carbocycles. The van der Waals surface area contributed by atoms with Crippen LogP contribution in [0.4, 0.5) is 4.70 Å². The summed E-state index contributed by atoms with van der Waals surface area (Å²) in [7, 11) is 0. The van der Waals surface area contributed by atoms with E-state index in [4.69, 9.17) is 5.11 Å². The Hall–Kier alpha value is 0.409. The molecule has 3 heteroatoms. The van der Waals surface area contributed by atoms with Crippen molar-refractivity contribution < 1.29 is 26.9 Å². The molecule has 0 heterocycles. The third kappa shape index (κ3) is 743. The second-order valence-corrected chi connectivity index (χ2v) is 2.17. The maximum absolute atomic E-state index is 8.52. The average Bonchev–Trinajstić information content (AvgIpc) is 0.722. The molecule has 0 spiro atoms. The largest absolute Gasteiger partial charge is 0.391 e. The van der Waals surface area contributed by atoms with Gasteiger partial charge in [0.05, 0.1) is 5.60 Å². The van der Waals surface area contributed by atoms with E-state index in [9.17, 15) is 0 Å². The molecule has 0 aromatic rings. The molecule has 0 atom stereocenters. The molecule has 1 nitrogen and oxygen atoms in total. The van der Waals surface area contributed by atoms with E-state index >= 15 is 0 Å². The van der Waals surface area contributed by atoms with Crippen molar-refractivity contribution in [1.82, 2.24) is 0 Å². The van der Waals surface area contributed by atoms with Gasteiger partial charge in [0.25, 0.3) is 0 Å². The van der Waals surface area contributed by atoms with Crippen LogP contribution in [-0.4, -0.2) is 10.7 Å². The van der Waals surface area contributed by atoms with Crippen LogP contribution in [0.3, 0.4) is 0 Å². The fraction of sp³-hybridized carbons (Fsp3) is 1.00. The van der Waals surface area contributed by atoms with Gasteiger partial charge in [-0.25, -0.2) is 0 Å². The summed E-state index contributed by atoms with van der Waals surface area (Å²) >= 11 is 0. The Balaban J connectivity index is -0.0000000800. The van der Waals surface area contributed by atoms with Crippen LogP contribution in [-0.2, 0) is 17.1 Å². The molecule has 0 aliphatic carbocycles. The SMILES string of the molecule is CC(C)(C)O.[F].[Mn]. The zero-order valence-electron chi connectivity index (χ0n) is 4.70. The third-order valence-corrected chi connectivity index (χ3v) is 0. The molecule has 7 heavy (non-hydrogen) atoms. The monoisotopic (exact) mass is 148 g/mol. The topological polar surface area (TPSA) is 20.2 Å². The first-order chi connectivity index (χ1) is 2.00. The van der Waals surface area contributed by atoms with Gasteiger partial charge < -0.3 is 5.11 Å². The molecule has 46 valence electrons. The van der Waals surface area contributed by atoms with Gasteiger partial charge in [0, 0.05) is 21.8 Å². The Labute approximate surface area is 54.0 Å². The van der Waals surface area contributed by atoms with Gasteiger partial charge in [0.15, 0.2) is 0 Å². The van der Waals surface area contributed by atoms with Crippen LogP contribution < -0.4 is 0 Å². The minimum atomic E-state index is -0.500. The van der Waals surface area contributed by atoms with Crippen molar-refractivity contribution >= 4 is 0 Å². The minimum Gasteiger partial charge on any atom is -0.391 e. The van der Waals surface area contributed by atoms with E-state index < -0.39 is 5.60 Å². The standard InChI is InChI=1S/C4H10O.F.Mn/c1-4(2,3)5;;/h5H,1-3H3;;. The van der Waals surface area contributed by atoms with E-state index in [2.05, 4.69) is 0 Å². The summed E-state index contributed by atoms with van der Waals surface area (Å²) in [4.78, 5) is 0. The Morgan fingerprint density at radius 1 is 1.14 bits per heavy atom. The molecular weight excluding hydrogens is 138 g/mol. The summed E-state index contributed by atoms with van der Waals surface area (Å²) in [6, 6.07) is 0. The molecular formula is C4H10FMnO. The maximum atomic E-state index is 8.52.